The van der Waals surface area contributed by atoms with E-state index in [1.54, 1.807) is 24.3 Å². The molecule has 152 valence electrons. The molecule has 0 amide bonds. The Kier molecular flexibility index (Phi) is 4.12. The van der Waals surface area contributed by atoms with Gasteiger partial charge in [0.1, 0.15) is 11.5 Å². The number of aromatic hydroxyl groups is 2. The van der Waals surface area contributed by atoms with Gasteiger partial charge in [-0.15, -0.1) is 0 Å². The van der Waals surface area contributed by atoms with Crippen molar-refractivity contribution in [3.63, 3.8) is 0 Å². The Morgan fingerprint density at radius 1 is 0.312 bits per heavy atom. The van der Waals surface area contributed by atoms with E-state index in [9.17, 15) is 10.2 Å². The van der Waals surface area contributed by atoms with E-state index < -0.39 is 0 Å². The molecule has 0 saturated carbocycles. The van der Waals surface area contributed by atoms with E-state index in [0.29, 0.717) is 0 Å². The van der Waals surface area contributed by atoms with Crippen molar-refractivity contribution >= 4 is 32.3 Å². The summed E-state index contributed by atoms with van der Waals surface area (Å²) >= 11 is 0. The Balaban J connectivity index is 1.71. The summed E-state index contributed by atoms with van der Waals surface area (Å²) in [6.45, 7) is 0. The third-order valence-electron chi connectivity index (χ3n) is 6.20. The van der Waals surface area contributed by atoms with Crippen molar-refractivity contribution in [1.82, 2.24) is 0 Å². The zero-order valence-corrected chi connectivity index (χ0v) is 17.3. The fraction of sp³-hybridized carbons (Fsp3) is 0. The molecular weight excluding hydrogens is 392 g/mol. The van der Waals surface area contributed by atoms with Crippen LogP contribution >= 0.6 is 0 Å². The molecule has 0 aliphatic heterocycles. The normalized spacial score (nSPS) is 11.4. The standard InChI is InChI=1S/C30H20O2/c31-23-7-3-5-19(15-23)21-11-13-27-25-9-1-2-10-26(25)28-14-12-22(18-30(28)29(27)17-21)20-6-4-8-24(32)16-20/h1-18,31-32H. The van der Waals surface area contributed by atoms with Crippen LogP contribution in [0.15, 0.2) is 109 Å². The lowest BCUT2D eigenvalue weighted by molar-refractivity contribution is 0.475. The van der Waals surface area contributed by atoms with Crippen LogP contribution in [0.2, 0.25) is 0 Å². The maximum absolute atomic E-state index is 9.97. The zero-order chi connectivity index (χ0) is 21.7. The van der Waals surface area contributed by atoms with Crippen molar-refractivity contribution in [2.45, 2.75) is 0 Å². The summed E-state index contributed by atoms with van der Waals surface area (Å²) in [4.78, 5) is 0. The van der Waals surface area contributed by atoms with Gasteiger partial charge >= 0.3 is 0 Å². The second-order valence-corrected chi connectivity index (χ2v) is 8.17. The van der Waals surface area contributed by atoms with E-state index in [1.165, 1.54) is 32.3 Å². The van der Waals surface area contributed by atoms with Crippen molar-refractivity contribution in [3.8, 4) is 33.8 Å². The van der Waals surface area contributed by atoms with Gasteiger partial charge in [-0.25, -0.2) is 0 Å². The molecule has 0 aliphatic carbocycles. The summed E-state index contributed by atoms with van der Waals surface area (Å²) < 4.78 is 0. The molecule has 2 heteroatoms. The predicted molar refractivity (Wildman–Crippen MR) is 133 cm³/mol. The topological polar surface area (TPSA) is 40.5 Å². The molecule has 0 atom stereocenters. The Hall–Kier alpha value is -4.30. The summed E-state index contributed by atoms with van der Waals surface area (Å²) in [7, 11) is 0. The Bertz CT molecular complexity index is 1520. The van der Waals surface area contributed by atoms with Gasteiger partial charge in [0, 0.05) is 0 Å². The smallest absolute Gasteiger partial charge is 0.116 e. The molecule has 2 nitrogen and oxygen atoms in total. The average Bonchev–Trinajstić information content (AvgIpc) is 2.83. The van der Waals surface area contributed by atoms with Gasteiger partial charge in [-0.05, 0) is 91.0 Å². The average molecular weight is 412 g/mol. The van der Waals surface area contributed by atoms with Crippen molar-refractivity contribution in [1.29, 1.82) is 0 Å². The number of rotatable bonds is 2. The van der Waals surface area contributed by atoms with Gasteiger partial charge in [-0.1, -0.05) is 72.8 Å². The Labute approximate surface area is 185 Å². The first kappa shape index (κ1) is 18.5. The number of fused-ring (bicyclic) bond motifs is 6. The molecule has 2 N–H and O–H groups in total. The second kappa shape index (κ2) is 7.14. The van der Waals surface area contributed by atoms with Crippen LogP contribution < -0.4 is 0 Å². The van der Waals surface area contributed by atoms with Gasteiger partial charge in [0.2, 0.25) is 0 Å². The summed E-state index contributed by atoms with van der Waals surface area (Å²) in [5, 5.41) is 27.1. The molecule has 0 fully saturated rings. The predicted octanol–water partition coefficient (Wildman–Crippen LogP) is 7.89. The van der Waals surface area contributed by atoms with E-state index in [1.807, 2.05) is 24.3 Å². The summed E-state index contributed by atoms with van der Waals surface area (Å²) in [5.74, 6) is 0.522. The van der Waals surface area contributed by atoms with Crippen molar-refractivity contribution in [2.24, 2.45) is 0 Å². The third-order valence-corrected chi connectivity index (χ3v) is 6.20. The summed E-state index contributed by atoms with van der Waals surface area (Å²) in [6.07, 6.45) is 0. The molecule has 0 heterocycles. The van der Waals surface area contributed by atoms with Crippen LogP contribution in [0.1, 0.15) is 0 Å². The van der Waals surface area contributed by atoms with Crippen LogP contribution in [-0.4, -0.2) is 10.2 Å². The van der Waals surface area contributed by atoms with Gasteiger partial charge in [0.25, 0.3) is 0 Å². The first-order valence-electron chi connectivity index (χ1n) is 10.6. The van der Waals surface area contributed by atoms with Gasteiger partial charge in [0.15, 0.2) is 0 Å². The van der Waals surface area contributed by atoms with Crippen molar-refractivity contribution < 1.29 is 10.2 Å². The number of benzene rings is 6. The largest absolute Gasteiger partial charge is 0.508 e. The molecular formula is C30H20O2. The minimum Gasteiger partial charge on any atom is -0.508 e. The molecule has 6 aromatic rings. The first-order valence-corrected chi connectivity index (χ1v) is 10.6. The Morgan fingerprint density at radius 2 is 0.719 bits per heavy atom. The van der Waals surface area contributed by atoms with Crippen LogP contribution in [0.3, 0.4) is 0 Å². The number of hydrogen-bond acceptors (Lipinski definition) is 2. The third kappa shape index (κ3) is 2.97. The maximum atomic E-state index is 9.97. The molecule has 0 bridgehead atoms. The second-order valence-electron chi connectivity index (χ2n) is 8.17. The van der Waals surface area contributed by atoms with E-state index in [-0.39, 0.29) is 11.5 Å². The first-order chi connectivity index (χ1) is 15.7. The fourth-order valence-electron chi connectivity index (χ4n) is 4.69. The van der Waals surface area contributed by atoms with Gasteiger partial charge in [-0.2, -0.15) is 0 Å². The Morgan fingerprint density at radius 3 is 1.16 bits per heavy atom. The number of phenolic OH excluding ortho intramolecular Hbond substituents is 2. The molecule has 0 spiro atoms. The van der Waals surface area contributed by atoms with Crippen molar-refractivity contribution in [2.75, 3.05) is 0 Å². The quantitative estimate of drug-likeness (QED) is 0.284. The highest BCUT2D eigenvalue weighted by Crippen LogP contribution is 2.39. The van der Waals surface area contributed by atoms with Gasteiger partial charge < -0.3 is 10.2 Å². The summed E-state index contributed by atoms with van der Waals surface area (Å²) in [6, 6.07) is 36.3. The van der Waals surface area contributed by atoms with E-state index in [4.69, 9.17) is 0 Å². The van der Waals surface area contributed by atoms with E-state index in [0.717, 1.165) is 22.3 Å². The monoisotopic (exact) mass is 412 g/mol. The van der Waals surface area contributed by atoms with Crippen molar-refractivity contribution in [3.05, 3.63) is 109 Å². The number of phenols is 2. The molecule has 0 aromatic heterocycles. The SMILES string of the molecule is Oc1cccc(-c2ccc3c4ccccc4c4ccc(-c5cccc(O)c5)cc4c3c2)c1. The maximum Gasteiger partial charge on any atom is 0.116 e. The fourth-order valence-corrected chi connectivity index (χ4v) is 4.69. The highest BCUT2D eigenvalue weighted by molar-refractivity contribution is 6.26. The lowest BCUT2D eigenvalue weighted by Crippen LogP contribution is -1.86. The molecule has 0 saturated heterocycles. The minimum absolute atomic E-state index is 0.261. The lowest BCUT2D eigenvalue weighted by Gasteiger charge is -2.14. The molecule has 0 radical (unpaired) electrons. The molecule has 0 unspecified atom stereocenters. The summed E-state index contributed by atoms with van der Waals surface area (Å²) in [5.41, 5.74) is 4.09. The van der Waals surface area contributed by atoms with Gasteiger partial charge in [-0.3, -0.25) is 0 Å². The highest BCUT2D eigenvalue weighted by atomic mass is 16.3. The zero-order valence-electron chi connectivity index (χ0n) is 17.3. The molecule has 32 heavy (non-hydrogen) atoms. The molecule has 6 aromatic carbocycles. The minimum atomic E-state index is 0.261. The van der Waals surface area contributed by atoms with E-state index in [2.05, 4.69) is 60.7 Å². The number of hydrogen-bond donors (Lipinski definition) is 2. The van der Waals surface area contributed by atoms with Gasteiger partial charge in [0.05, 0.1) is 0 Å². The van der Waals surface area contributed by atoms with Crippen LogP contribution in [0.4, 0.5) is 0 Å². The van der Waals surface area contributed by atoms with Crippen LogP contribution in [0.5, 0.6) is 11.5 Å². The van der Waals surface area contributed by atoms with Crippen LogP contribution in [0, 0.1) is 0 Å². The van der Waals surface area contributed by atoms with Crippen LogP contribution in [0.25, 0.3) is 54.6 Å². The van der Waals surface area contributed by atoms with Crippen LogP contribution in [-0.2, 0) is 0 Å². The van der Waals surface area contributed by atoms with E-state index >= 15 is 0 Å². The highest BCUT2D eigenvalue weighted by Gasteiger charge is 2.11. The molecule has 6 rings (SSSR count). The molecule has 0 aliphatic rings. The lowest BCUT2D eigenvalue weighted by atomic mass is 9.90.